The third-order valence-corrected chi connectivity index (χ3v) is 5.72. The van der Waals surface area contributed by atoms with Gasteiger partial charge in [0.15, 0.2) is 0 Å². The molecule has 0 bridgehead atoms. The Balaban J connectivity index is 1.48. The first-order valence-electron chi connectivity index (χ1n) is 11.2. The van der Waals surface area contributed by atoms with Gasteiger partial charge in [0.2, 0.25) is 11.8 Å². The Labute approximate surface area is 193 Å². The van der Waals surface area contributed by atoms with E-state index >= 15 is 0 Å². The van der Waals surface area contributed by atoms with Crippen molar-refractivity contribution in [1.82, 2.24) is 20.4 Å². The molecule has 2 aromatic rings. The van der Waals surface area contributed by atoms with Crippen molar-refractivity contribution < 1.29 is 18.8 Å². The Morgan fingerprint density at radius 3 is 2.21 bits per heavy atom. The largest absolute Gasteiger partial charge is 0.351 e. The number of carbonyl (C=O) groups is 3. The summed E-state index contributed by atoms with van der Waals surface area (Å²) in [5.41, 5.74) is 0.959. The van der Waals surface area contributed by atoms with Gasteiger partial charge in [0.25, 0.3) is 5.91 Å². The molecule has 3 rings (SSSR count). The normalized spacial score (nSPS) is 15.2. The van der Waals surface area contributed by atoms with Crippen LogP contribution < -0.4 is 10.6 Å². The van der Waals surface area contributed by atoms with Crippen molar-refractivity contribution in [1.29, 1.82) is 0 Å². The first kappa shape index (κ1) is 24.4. The first-order valence-corrected chi connectivity index (χ1v) is 11.2. The second kappa shape index (κ2) is 11.6. The zero-order valence-corrected chi connectivity index (χ0v) is 19.1. The molecule has 0 saturated carbocycles. The summed E-state index contributed by atoms with van der Waals surface area (Å²) < 4.78 is 14.0. The number of hydrogen-bond donors (Lipinski definition) is 2. The summed E-state index contributed by atoms with van der Waals surface area (Å²) >= 11 is 0. The molecule has 1 unspecified atom stereocenters. The van der Waals surface area contributed by atoms with Crippen molar-refractivity contribution in [3.63, 3.8) is 0 Å². The fourth-order valence-corrected chi connectivity index (χ4v) is 3.76. The Kier molecular flexibility index (Phi) is 8.54. The van der Waals surface area contributed by atoms with Gasteiger partial charge in [-0.15, -0.1) is 0 Å². The molecule has 2 aromatic carbocycles. The SMILES string of the molecule is CC(C)C(NC(=O)c1ccccc1F)C(=O)N1CCN(CC(=O)NCc2ccccc2)CC1. The lowest BCUT2D eigenvalue weighted by atomic mass is 10.0. The van der Waals surface area contributed by atoms with Gasteiger partial charge >= 0.3 is 0 Å². The highest BCUT2D eigenvalue weighted by Gasteiger charge is 2.31. The Hall–Kier alpha value is -3.26. The summed E-state index contributed by atoms with van der Waals surface area (Å²) in [7, 11) is 0. The van der Waals surface area contributed by atoms with E-state index in [2.05, 4.69) is 10.6 Å². The maximum atomic E-state index is 14.0. The van der Waals surface area contributed by atoms with Gasteiger partial charge in [-0.2, -0.15) is 0 Å². The lowest BCUT2D eigenvalue weighted by Crippen LogP contribution is -2.57. The average molecular weight is 455 g/mol. The van der Waals surface area contributed by atoms with E-state index in [-0.39, 0.29) is 29.8 Å². The molecule has 1 fully saturated rings. The number of nitrogens with one attached hydrogen (secondary N) is 2. The number of carbonyl (C=O) groups excluding carboxylic acids is 3. The van der Waals surface area contributed by atoms with Crippen LogP contribution in [0.15, 0.2) is 54.6 Å². The summed E-state index contributed by atoms with van der Waals surface area (Å²) in [4.78, 5) is 41.6. The molecule has 2 N–H and O–H groups in total. The minimum absolute atomic E-state index is 0.0594. The van der Waals surface area contributed by atoms with E-state index in [9.17, 15) is 18.8 Å². The van der Waals surface area contributed by atoms with Crippen molar-refractivity contribution in [2.45, 2.75) is 26.4 Å². The molecule has 0 spiro atoms. The maximum Gasteiger partial charge on any atom is 0.254 e. The number of halogens is 1. The predicted molar refractivity (Wildman–Crippen MR) is 124 cm³/mol. The summed E-state index contributed by atoms with van der Waals surface area (Å²) in [5.74, 6) is -1.63. The van der Waals surface area contributed by atoms with Gasteiger partial charge in [-0.3, -0.25) is 19.3 Å². The van der Waals surface area contributed by atoms with Gasteiger partial charge in [-0.1, -0.05) is 56.3 Å². The summed E-state index contributed by atoms with van der Waals surface area (Å²) in [6.07, 6.45) is 0. The minimum Gasteiger partial charge on any atom is -0.351 e. The fraction of sp³-hybridized carbons (Fsp3) is 0.400. The molecule has 1 aliphatic rings. The Bertz CT molecular complexity index is 959. The van der Waals surface area contributed by atoms with E-state index in [0.717, 1.165) is 5.56 Å². The molecule has 7 nitrogen and oxygen atoms in total. The van der Waals surface area contributed by atoms with Gasteiger partial charge in [0.1, 0.15) is 11.9 Å². The molecule has 8 heteroatoms. The molecule has 0 radical (unpaired) electrons. The topological polar surface area (TPSA) is 81.8 Å². The highest BCUT2D eigenvalue weighted by Crippen LogP contribution is 2.12. The maximum absolute atomic E-state index is 14.0. The van der Waals surface area contributed by atoms with E-state index in [0.29, 0.717) is 32.7 Å². The third kappa shape index (κ3) is 6.86. The highest BCUT2D eigenvalue weighted by atomic mass is 19.1. The number of nitrogens with zero attached hydrogens (tertiary/aromatic N) is 2. The van der Waals surface area contributed by atoms with E-state index in [1.807, 2.05) is 49.1 Å². The van der Waals surface area contributed by atoms with Crippen LogP contribution in [-0.4, -0.2) is 66.3 Å². The van der Waals surface area contributed by atoms with E-state index in [4.69, 9.17) is 0 Å². The summed E-state index contributed by atoms with van der Waals surface area (Å²) in [6, 6.07) is 14.7. The molecule has 1 aliphatic heterocycles. The van der Waals surface area contributed by atoms with Gasteiger partial charge < -0.3 is 15.5 Å². The molecular weight excluding hydrogens is 423 g/mol. The minimum atomic E-state index is -0.752. The Morgan fingerprint density at radius 2 is 1.58 bits per heavy atom. The van der Waals surface area contributed by atoms with Crippen molar-refractivity contribution in [3.8, 4) is 0 Å². The van der Waals surface area contributed by atoms with Crippen LogP contribution in [0.1, 0.15) is 29.8 Å². The zero-order chi connectivity index (χ0) is 23.8. The number of amides is 3. The molecule has 176 valence electrons. The van der Waals surface area contributed by atoms with Crippen molar-refractivity contribution >= 4 is 17.7 Å². The first-order chi connectivity index (χ1) is 15.8. The molecule has 1 saturated heterocycles. The highest BCUT2D eigenvalue weighted by molar-refractivity contribution is 5.97. The van der Waals surface area contributed by atoms with Crippen LogP contribution in [-0.2, 0) is 16.1 Å². The number of piperazine rings is 1. The molecule has 3 amide bonds. The van der Waals surface area contributed by atoms with Gasteiger partial charge in [0, 0.05) is 32.7 Å². The van der Waals surface area contributed by atoms with Crippen LogP contribution >= 0.6 is 0 Å². The molecule has 0 aliphatic carbocycles. The standard InChI is InChI=1S/C25H31FN4O3/c1-18(2)23(28-24(32)20-10-6-7-11-21(20)26)25(33)30-14-12-29(13-15-30)17-22(31)27-16-19-8-4-3-5-9-19/h3-11,18,23H,12-17H2,1-2H3,(H,27,31)(H,28,32). The van der Waals surface area contributed by atoms with E-state index in [1.165, 1.54) is 18.2 Å². The molecular formula is C25H31FN4O3. The fourth-order valence-electron chi connectivity index (χ4n) is 3.76. The van der Waals surface area contributed by atoms with Gasteiger partial charge in [-0.25, -0.2) is 4.39 Å². The second-order valence-electron chi connectivity index (χ2n) is 8.54. The third-order valence-electron chi connectivity index (χ3n) is 5.72. The van der Waals surface area contributed by atoms with Crippen LogP contribution in [0.4, 0.5) is 4.39 Å². The van der Waals surface area contributed by atoms with Gasteiger partial charge in [0.05, 0.1) is 12.1 Å². The quantitative estimate of drug-likeness (QED) is 0.640. The lowest BCUT2D eigenvalue weighted by molar-refractivity contribution is -0.136. The van der Waals surface area contributed by atoms with Crippen molar-refractivity contribution in [2.75, 3.05) is 32.7 Å². The number of rotatable bonds is 8. The van der Waals surface area contributed by atoms with E-state index in [1.54, 1.807) is 11.0 Å². The predicted octanol–water partition coefficient (Wildman–Crippen LogP) is 2.04. The summed E-state index contributed by atoms with van der Waals surface area (Å²) in [6.45, 7) is 6.50. The smallest absolute Gasteiger partial charge is 0.254 e. The van der Waals surface area contributed by atoms with Crippen LogP contribution in [0.2, 0.25) is 0 Å². The van der Waals surface area contributed by atoms with Crippen molar-refractivity contribution in [3.05, 3.63) is 71.5 Å². The molecule has 1 atom stereocenters. The molecule has 1 heterocycles. The lowest BCUT2D eigenvalue weighted by Gasteiger charge is -2.37. The molecule has 33 heavy (non-hydrogen) atoms. The average Bonchev–Trinajstić information content (AvgIpc) is 2.82. The second-order valence-corrected chi connectivity index (χ2v) is 8.54. The van der Waals surface area contributed by atoms with Gasteiger partial charge in [-0.05, 0) is 23.6 Å². The number of hydrogen-bond acceptors (Lipinski definition) is 4. The Morgan fingerprint density at radius 1 is 0.939 bits per heavy atom. The molecule has 0 aromatic heterocycles. The van der Waals surface area contributed by atoms with Crippen LogP contribution in [0, 0.1) is 11.7 Å². The van der Waals surface area contributed by atoms with E-state index < -0.39 is 17.8 Å². The van der Waals surface area contributed by atoms with Crippen LogP contribution in [0.3, 0.4) is 0 Å². The summed E-state index contributed by atoms with van der Waals surface area (Å²) in [5, 5.41) is 5.61. The van der Waals surface area contributed by atoms with Crippen LogP contribution in [0.25, 0.3) is 0 Å². The monoisotopic (exact) mass is 454 g/mol. The number of benzene rings is 2. The zero-order valence-electron chi connectivity index (χ0n) is 19.1. The van der Waals surface area contributed by atoms with Crippen molar-refractivity contribution in [2.24, 2.45) is 5.92 Å². The van der Waals surface area contributed by atoms with Crippen LogP contribution in [0.5, 0.6) is 0 Å².